The highest BCUT2D eigenvalue weighted by Gasteiger charge is 2.38. The van der Waals surface area contributed by atoms with Crippen LogP contribution in [0.2, 0.25) is 0 Å². The molecule has 178 valence electrons. The van der Waals surface area contributed by atoms with Gasteiger partial charge in [0.25, 0.3) is 5.91 Å². The summed E-state index contributed by atoms with van der Waals surface area (Å²) < 4.78 is 31.7. The lowest BCUT2D eigenvalue weighted by molar-refractivity contribution is -0.192. The lowest BCUT2D eigenvalue weighted by atomic mass is 10.0. The first-order valence-corrected chi connectivity index (χ1v) is 10.1. The van der Waals surface area contributed by atoms with Gasteiger partial charge >= 0.3 is 12.1 Å². The maximum atomic E-state index is 12.0. The van der Waals surface area contributed by atoms with Gasteiger partial charge in [0, 0.05) is 41.7 Å². The largest absolute Gasteiger partial charge is 0.490 e. The number of alkyl halides is 3. The van der Waals surface area contributed by atoms with Crippen molar-refractivity contribution in [3.05, 3.63) is 65.5 Å². The first kappa shape index (κ1) is 24.5. The SMILES string of the molecule is CO/N=C(/C)c1ccc(-c2cc(-c3cc4c([nH]3)CCNC4=O)ccn2)cc1.O=C(O)C(F)(F)F. The minimum absolute atomic E-state index is 0.0169. The Morgan fingerprint density at radius 3 is 2.41 bits per heavy atom. The number of carboxylic acids is 1. The average Bonchev–Trinajstić information content (AvgIpc) is 3.25. The smallest absolute Gasteiger partial charge is 0.475 e. The Morgan fingerprint density at radius 2 is 1.82 bits per heavy atom. The number of nitrogens with one attached hydrogen (secondary N) is 2. The summed E-state index contributed by atoms with van der Waals surface area (Å²) in [5, 5.41) is 14.0. The van der Waals surface area contributed by atoms with Crippen LogP contribution in [-0.4, -0.2) is 52.5 Å². The number of fused-ring (bicyclic) bond motifs is 1. The number of pyridine rings is 1. The van der Waals surface area contributed by atoms with E-state index in [1.54, 1.807) is 6.20 Å². The van der Waals surface area contributed by atoms with E-state index in [4.69, 9.17) is 14.7 Å². The van der Waals surface area contributed by atoms with Crippen molar-refractivity contribution in [2.45, 2.75) is 19.5 Å². The van der Waals surface area contributed by atoms with Gasteiger partial charge in [-0.05, 0) is 30.7 Å². The van der Waals surface area contributed by atoms with E-state index in [-0.39, 0.29) is 5.91 Å². The molecule has 0 fully saturated rings. The lowest BCUT2D eigenvalue weighted by Gasteiger charge is -2.11. The number of amides is 1. The predicted molar refractivity (Wildman–Crippen MR) is 118 cm³/mol. The van der Waals surface area contributed by atoms with Crippen molar-refractivity contribution in [2.24, 2.45) is 5.16 Å². The number of rotatable bonds is 4. The number of aromatic amines is 1. The van der Waals surface area contributed by atoms with Crippen molar-refractivity contribution in [1.29, 1.82) is 0 Å². The van der Waals surface area contributed by atoms with Crippen LogP contribution >= 0.6 is 0 Å². The minimum atomic E-state index is -5.08. The summed E-state index contributed by atoms with van der Waals surface area (Å²) in [7, 11) is 1.54. The van der Waals surface area contributed by atoms with Crippen molar-refractivity contribution in [3.8, 4) is 22.5 Å². The molecule has 1 aliphatic rings. The third-order valence-corrected chi connectivity index (χ3v) is 4.94. The Hall–Kier alpha value is -4.15. The fourth-order valence-electron chi connectivity index (χ4n) is 3.28. The Morgan fingerprint density at radius 1 is 1.15 bits per heavy atom. The molecule has 4 rings (SSSR count). The fourth-order valence-corrected chi connectivity index (χ4v) is 3.28. The number of benzene rings is 1. The van der Waals surface area contributed by atoms with Crippen LogP contribution in [0.4, 0.5) is 13.2 Å². The van der Waals surface area contributed by atoms with Gasteiger partial charge in [-0.1, -0.05) is 29.4 Å². The highest BCUT2D eigenvalue weighted by atomic mass is 19.4. The second-order valence-electron chi connectivity index (χ2n) is 7.25. The molecule has 34 heavy (non-hydrogen) atoms. The summed E-state index contributed by atoms with van der Waals surface area (Å²) in [6, 6.07) is 13.9. The molecule has 11 heteroatoms. The standard InChI is InChI=1S/C21H20N4O2.C2HF3O2/c1-13(25-27-2)14-3-5-15(6-4-14)19-11-16(7-9-22-19)20-12-17-18(24-20)8-10-23-21(17)26;3-2(4,5)1(6)7/h3-7,9,11-12,24H,8,10H2,1-2H3,(H,23,26);(H,6,7)/b25-13-;. The van der Waals surface area contributed by atoms with E-state index in [9.17, 15) is 18.0 Å². The number of carbonyl (C=O) groups is 2. The van der Waals surface area contributed by atoms with E-state index in [1.807, 2.05) is 49.4 Å². The molecule has 0 radical (unpaired) electrons. The second-order valence-corrected chi connectivity index (χ2v) is 7.25. The zero-order valence-electron chi connectivity index (χ0n) is 18.2. The molecule has 1 amide bonds. The van der Waals surface area contributed by atoms with Crippen LogP contribution in [0.3, 0.4) is 0 Å². The van der Waals surface area contributed by atoms with Crippen molar-refractivity contribution < 1.29 is 32.7 Å². The number of carboxylic acid groups (broad SMARTS) is 1. The fraction of sp³-hybridized carbons (Fsp3) is 0.217. The lowest BCUT2D eigenvalue weighted by Crippen LogP contribution is -2.31. The molecule has 0 bridgehead atoms. The minimum Gasteiger partial charge on any atom is -0.475 e. The first-order valence-electron chi connectivity index (χ1n) is 10.1. The predicted octanol–water partition coefficient (Wildman–Crippen LogP) is 4.03. The van der Waals surface area contributed by atoms with E-state index >= 15 is 0 Å². The van der Waals surface area contributed by atoms with Crippen molar-refractivity contribution >= 4 is 17.6 Å². The van der Waals surface area contributed by atoms with E-state index in [0.29, 0.717) is 6.54 Å². The van der Waals surface area contributed by atoms with Gasteiger partial charge in [-0.3, -0.25) is 9.78 Å². The highest BCUT2D eigenvalue weighted by Crippen LogP contribution is 2.27. The number of halogens is 3. The van der Waals surface area contributed by atoms with E-state index in [2.05, 4.69) is 20.4 Å². The molecule has 3 N–H and O–H groups in total. The molecule has 0 atom stereocenters. The van der Waals surface area contributed by atoms with Gasteiger partial charge in [-0.15, -0.1) is 0 Å². The summed E-state index contributed by atoms with van der Waals surface area (Å²) in [5.74, 6) is -2.77. The average molecular weight is 474 g/mol. The van der Waals surface area contributed by atoms with Gasteiger partial charge in [0.15, 0.2) is 0 Å². The Bertz CT molecular complexity index is 1220. The van der Waals surface area contributed by atoms with E-state index in [1.165, 1.54) is 7.11 Å². The molecule has 0 unspecified atom stereocenters. The molecule has 0 saturated carbocycles. The topological polar surface area (TPSA) is 117 Å². The molecular weight excluding hydrogens is 453 g/mol. The number of aliphatic carboxylic acids is 1. The summed E-state index contributed by atoms with van der Waals surface area (Å²) in [5.41, 5.74) is 7.36. The third-order valence-electron chi connectivity index (χ3n) is 4.94. The van der Waals surface area contributed by atoms with Crippen LogP contribution in [0.1, 0.15) is 28.5 Å². The van der Waals surface area contributed by atoms with Gasteiger partial charge in [-0.25, -0.2) is 4.79 Å². The maximum absolute atomic E-state index is 12.0. The third kappa shape index (κ3) is 5.80. The van der Waals surface area contributed by atoms with E-state index in [0.717, 1.165) is 51.5 Å². The highest BCUT2D eigenvalue weighted by molar-refractivity contribution is 5.99. The Balaban J connectivity index is 0.000000406. The molecule has 0 spiro atoms. The summed E-state index contributed by atoms with van der Waals surface area (Å²) in [6.07, 6.45) is -2.47. The van der Waals surface area contributed by atoms with Crippen LogP contribution in [0, 0.1) is 0 Å². The van der Waals surface area contributed by atoms with Crippen molar-refractivity contribution in [2.75, 3.05) is 13.7 Å². The van der Waals surface area contributed by atoms with E-state index < -0.39 is 12.1 Å². The second kappa shape index (κ2) is 10.2. The van der Waals surface area contributed by atoms with Gasteiger partial charge < -0.3 is 20.2 Å². The molecule has 3 heterocycles. The van der Waals surface area contributed by atoms with Crippen LogP contribution < -0.4 is 5.32 Å². The number of aromatic nitrogens is 2. The van der Waals surface area contributed by atoms with Gasteiger partial charge in [0.05, 0.1) is 17.0 Å². The summed E-state index contributed by atoms with van der Waals surface area (Å²) >= 11 is 0. The van der Waals surface area contributed by atoms with Crippen molar-refractivity contribution in [3.63, 3.8) is 0 Å². The van der Waals surface area contributed by atoms with Crippen LogP contribution in [-0.2, 0) is 16.1 Å². The number of nitrogens with zero attached hydrogens (tertiary/aromatic N) is 2. The summed E-state index contributed by atoms with van der Waals surface area (Å²) in [6.45, 7) is 2.58. The number of carbonyl (C=O) groups excluding carboxylic acids is 1. The van der Waals surface area contributed by atoms with Crippen LogP contribution in [0.15, 0.2) is 53.8 Å². The Labute approximate surface area is 192 Å². The molecular formula is C23H21F3N4O4. The quantitative estimate of drug-likeness (QED) is 0.390. The zero-order chi connectivity index (χ0) is 24.9. The summed E-state index contributed by atoms with van der Waals surface area (Å²) in [4.78, 5) is 33.6. The van der Waals surface area contributed by atoms with Gasteiger partial charge in [-0.2, -0.15) is 13.2 Å². The molecule has 0 aliphatic carbocycles. The van der Waals surface area contributed by atoms with Crippen LogP contribution in [0.5, 0.6) is 0 Å². The Kier molecular flexibility index (Phi) is 7.34. The van der Waals surface area contributed by atoms with Gasteiger partial charge in [0.2, 0.25) is 0 Å². The number of hydrogen-bond donors (Lipinski definition) is 3. The van der Waals surface area contributed by atoms with Crippen molar-refractivity contribution in [1.82, 2.24) is 15.3 Å². The van der Waals surface area contributed by atoms with Crippen LogP contribution in [0.25, 0.3) is 22.5 Å². The number of H-pyrrole nitrogens is 1. The first-order chi connectivity index (χ1) is 16.1. The van der Waals surface area contributed by atoms with Gasteiger partial charge in [0.1, 0.15) is 7.11 Å². The molecule has 1 aromatic carbocycles. The zero-order valence-corrected chi connectivity index (χ0v) is 18.2. The molecule has 3 aromatic rings. The maximum Gasteiger partial charge on any atom is 0.490 e. The molecule has 0 saturated heterocycles. The molecule has 1 aliphatic heterocycles. The normalized spacial score (nSPS) is 13.3. The number of hydrogen-bond acceptors (Lipinski definition) is 5. The molecule has 2 aromatic heterocycles. The monoisotopic (exact) mass is 474 g/mol. The molecule has 8 nitrogen and oxygen atoms in total. The number of oxime groups is 1.